The summed E-state index contributed by atoms with van der Waals surface area (Å²) in [6.45, 7) is 5.42. The minimum absolute atomic E-state index is 0.145. The highest BCUT2D eigenvalue weighted by Gasteiger charge is 2.42. The Kier molecular flexibility index (Phi) is 2.64. The Morgan fingerprint density at radius 3 is 2.94 bits per heavy atom. The summed E-state index contributed by atoms with van der Waals surface area (Å²) in [7, 11) is -0.673. The van der Waals surface area contributed by atoms with Crippen molar-refractivity contribution in [3.05, 3.63) is 35.4 Å². The van der Waals surface area contributed by atoms with Gasteiger partial charge in [0.15, 0.2) is 0 Å². The number of hydrogen-bond donors (Lipinski definition) is 1. The molecule has 1 aliphatic heterocycles. The van der Waals surface area contributed by atoms with Crippen molar-refractivity contribution in [2.24, 2.45) is 0 Å². The fourth-order valence-corrected chi connectivity index (χ4v) is 5.04. The van der Waals surface area contributed by atoms with Crippen molar-refractivity contribution >= 4 is 10.8 Å². The minimum atomic E-state index is -0.673. The summed E-state index contributed by atoms with van der Waals surface area (Å²) in [5.41, 5.74) is 2.93. The maximum Gasteiger partial charge on any atom is 0.0551 e. The maximum absolute atomic E-state index is 12.2. The standard InChI is InChI=1S/C14H19NOS/c1-14(2)9-12-13(15-7-8-17(12)16)10-5-3-4-6-11(10)14/h3-6,12-13,15H,7-9H2,1-2H3. The molecule has 2 aliphatic rings. The quantitative estimate of drug-likeness (QED) is 0.763. The first-order valence-electron chi connectivity index (χ1n) is 6.29. The molecule has 0 amide bonds. The van der Waals surface area contributed by atoms with Gasteiger partial charge in [-0.25, -0.2) is 0 Å². The molecule has 92 valence electrons. The zero-order chi connectivity index (χ0) is 12.0. The number of nitrogens with one attached hydrogen (secondary N) is 1. The molecule has 0 radical (unpaired) electrons. The van der Waals surface area contributed by atoms with E-state index in [4.69, 9.17) is 0 Å². The second-order valence-electron chi connectivity index (χ2n) is 5.73. The molecule has 1 aromatic carbocycles. The minimum Gasteiger partial charge on any atom is -0.308 e. The van der Waals surface area contributed by atoms with Gasteiger partial charge in [-0.2, -0.15) is 0 Å². The predicted molar refractivity (Wildman–Crippen MR) is 71.6 cm³/mol. The molecule has 3 unspecified atom stereocenters. The Labute approximate surface area is 105 Å². The first-order valence-corrected chi connectivity index (χ1v) is 7.68. The van der Waals surface area contributed by atoms with Crippen LogP contribution in [0.15, 0.2) is 24.3 Å². The molecule has 0 saturated carbocycles. The van der Waals surface area contributed by atoms with Crippen LogP contribution in [0.3, 0.4) is 0 Å². The van der Waals surface area contributed by atoms with Crippen molar-refractivity contribution in [1.82, 2.24) is 5.32 Å². The van der Waals surface area contributed by atoms with Crippen LogP contribution in [-0.2, 0) is 16.2 Å². The molecule has 1 aromatic rings. The molecule has 3 heteroatoms. The lowest BCUT2D eigenvalue weighted by Crippen LogP contribution is -2.49. The van der Waals surface area contributed by atoms with Gasteiger partial charge in [0.25, 0.3) is 0 Å². The largest absolute Gasteiger partial charge is 0.308 e. The summed E-state index contributed by atoms with van der Waals surface area (Å²) in [4.78, 5) is 0. The molecule has 0 spiro atoms. The van der Waals surface area contributed by atoms with Crippen LogP contribution >= 0.6 is 0 Å². The van der Waals surface area contributed by atoms with Gasteiger partial charge in [-0.05, 0) is 23.0 Å². The molecule has 17 heavy (non-hydrogen) atoms. The van der Waals surface area contributed by atoms with E-state index in [0.29, 0.717) is 6.04 Å². The number of hydrogen-bond acceptors (Lipinski definition) is 2. The molecule has 1 heterocycles. The Morgan fingerprint density at radius 1 is 1.35 bits per heavy atom. The van der Waals surface area contributed by atoms with Gasteiger partial charge in [0, 0.05) is 29.1 Å². The molecule has 0 aromatic heterocycles. The van der Waals surface area contributed by atoms with Crippen molar-refractivity contribution < 1.29 is 4.21 Å². The SMILES string of the molecule is CC1(C)CC2C(NCCS2=O)c2ccccc21. The van der Waals surface area contributed by atoms with Gasteiger partial charge in [0.05, 0.1) is 5.25 Å². The third kappa shape index (κ3) is 1.76. The summed E-state index contributed by atoms with van der Waals surface area (Å²) >= 11 is 0. The fraction of sp³-hybridized carbons (Fsp3) is 0.571. The molecule has 1 N–H and O–H groups in total. The Bertz CT molecular complexity index is 469. The van der Waals surface area contributed by atoms with Crippen LogP contribution < -0.4 is 5.32 Å². The highest BCUT2D eigenvalue weighted by molar-refractivity contribution is 7.85. The van der Waals surface area contributed by atoms with E-state index in [9.17, 15) is 4.21 Å². The van der Waals surface area contributed by atoms with Crippen molar-refractivity contribution in [2.75, 3.05) is 12.3 Å². The topological polar surface area (TPSA) is 29.1 Å². The Balaban J connectivity index is 2.12. The fourth-order valence-electron chi connectivity index (χ4n) is 3.27. The monoisotopic (exact) mass is 249 g/mol. The lowest BCUT2D eigenvalue weighted by molar-refractivity contribution is 0.359. The zero-order valence-electron chi connectivity index (χ0n) is 10.4. The molecular weight excluding hydrogens is 230 g/mol. The van der Waals surface area contributed by atoms with Crippen molar-refractivity contribution in [3.63, 3.8) is 0 Å². The third-order valence-electron chi connectivity index (χ3n) is 4.11. The second-order valence-corrected chi connectivity index (χ2v) is 7.51. The van der Waals surface area contributed by atoms with Gasteiger partial charge in [0.2, 0.25) is 0 Å². The average molecular weight is 249 g/mol. The summed E-state index contributed by atoms with van der Waals surface area (Å²) in [6.07, 6.45) is 1.02. The van der Waals surface area contributed by atoms with E-state index in [2.05, 4.69) is 43.4 Å². The summed E-state index contributed by atoms with van der Waals surface area (Å²) in [5, 5.41) is 3.84. The van der Waals surface area contributed by atoms with Crippen LogP contribution in [0.1, 0.15) is 37.4 Å². The molecule has 1 aliphatic carbocycles. The van der Waals surface area contributed by atoms with Crippen LogP contribution in [0.5, 0.6) is 0 Å². The molecule has 3 atom stereocenters. The zero-order valence-corrected chi connectivity index (χ0v) is 11.2. The average Bonchev–Trinajstić information content (AvgIpc) is 2.31. The van der Waals surface area contributed by atoms with E-state index in [1.807, 2.05) is 0 Å². The van der Waals surface area contributed by atoms with Gasteiger partial charge >= 0.3 is 0 Å². The van der Waals surface area contributed by atoms with Crippen molar-refractivity contribution in [1.29, 1.82) is 0 Å². The van der Waals surface area contributed by atoms with Gasteiger partial charge in [0.1, 0.15) is 0 Å². The smallest absolute Gasteiger partial charge is 0.0551 e. The summed E-state index contributed by atoms with van der Waals surface area (Å²) in [6, 6.07) is 8.93. The molecule has 0 bridgehead atoms. The van der Waals surface area contributed by atoms with Crippen LogP contribution in [0, 0.1) is 0 Å². The van der Waals surface area contributed by atoms with Gasteiger partial charge in [-0.3, -0.25) is 4.21 Å². The van der Waals surface area contributed by atoms with Crippen molar-refractivity contribution in [2.45, 2.75) is 37.0 Å². The molecule has 2 nitrogen and oxygen atoms in total. The summed E-state index contributed by atoms with van der Waals surface area (Å²) in [5.74, 6) is 0.805. The molecule has 1 fully saturated rings. The van der Waals surface area contributed by atoms with E-state index in [1.165, 1.54) is 11.1 Å². The van der Waals surface area contributed by atoms with E-state index >= 15 is 0 Å². The molecule has 3 rings (SSSR count). The van der Waals surface area contributed by atoms with Crippen LogP contribution in [-0.4, -0.2) is 21.8 Å². The van der Waals surface area contributed by atoms with E-state index < -0.39 is 10.8 Å². The van der Waals surface area contributed by atoms with Crippen LogP contribution in [0.4, 0.5) is 0 Å². The maximum atomic E-state index is 12.2. The summed E-state index contributed by atoms with van der Waals surface area (Å²) < 4.78 is 12.2. The number of rotatable bonds is 0. The number of fused-ring (bicyclic) bond motifs is 3. The second kappa shape index (κ2) is 3.92. The predicted octanol–water partition coefficient (Wildman–Crippen LogP) is 2.13. The highest BCUT2D eigenvalue weighted by atomic mass is 32.2. The lowest BCUT2D eigenvalue weighted by Gasteiger charge is -2.44. The first-order chi connectivity index (χ1) is 8.09. The van der Waals surface area contributed by atoms with Crippen molar-refractivity contribution in [3.8, 4) is 0 Å². The molecule has 1 saturated heterocycles. The van der Waals surface area contributed by atoms with Gasteiger partial charge in [-0.1, -0.05) is 38.1 Å². The van der Waals surface area contributed by atoms with E-state index in [1.54, 1.807) is 0 Å². The third-order valence-corrected chi connectivity index (χ3v) is 5.83. The molecular formula is C14H19NOS. The first kappa shape index (κ1) is 11.4. The highest BCUT2D eigenvalue weighted by Crippen LogP contribution is 2.44. The normalized spacial score (nSPS) is 34.8. The van der Waals surface area contributed by atoms with Gasteiger partial charge < -0.3 is 5.32 Å². The number of benzene rings is 1. The lowest BCUT2D eigenvalue weighted by atomic mass is 9.70. The van der Waals surface area contributed by atoms with Gasteiger partial charge in [-0.15, -0.1) is 0 Å². The van der Waals surface area contributed by atoms with Crippen LogP contribution in [0.2, 0.25) is 0 Å². The Morgan fingerprint density at radius 2 is 2.12 bits per heavy atom. The van der Waals surface area contributed by atoms with E-state index in [-0.39, 0.29) is 10.7 Å². The Hall–Kier alpha value is -0.670. The van der Waals surface area contributed by atoms with E-state index in [0.717, 1.165) is 18.7 Å². The van der Waals surface area contributed by atoms with Crippen LogP contribution in [0.25, 0.3) is 0 Å².